The molecule has 0 bridgehead atoms. The lowest BCUT2D eigenvalue weighted by Gasteiger charge is -2.15. The van der Waals surface area contributed by atoms with Crippen LogP contribution in [0.4, 0.5) is 8.78 Å². The number of rotatable bonds is 9. The van der Waals surface area contributed by atoms with E-state index in [2.05, 4.69) is 25.5 Å². The zero-order valence-electron chi connectivity index (χ0n) is 16.5. The summed E-state index contributed by atoms with van der Waals surface area (Å²) in [5.74, 6) is 2.05. The molecule has 7 nitrogen and oxygen atoms in total. The largest absolute Gasteiger partial charge is 0.497 e. The normalized spacial score (nSPS) is 11.6. The molecule has 0 fully saturated rings. The minimum Gasteiger partial charge on any atom is -0.497 e. The Morgan fingerprint density at radius 2 is 2.07 bits per heavy atom. The summed E-state index contributed by atoms with van der Waals surface area (Å²) in [6, 6.07) is 4.68. The SMILES string of the molecule is CN=C(NCCCc1c(C)noc1C)NCc1cc(OC)ccc1OC(F)F. The van der Waals surface area contributed by atoms with E-state index in [4.69, 9.17) is 9.26 Å². The molecule has 154 valence electrons. The zero-order chi connectivity index (χ0) is 20.5. The van der Waals surface area contributed by atoms with Gasteiger partial charge in [0, 0.05) is 31.3 Å². The van der Waals surface area contributed by atoms with Crippen molar-refractivity contribution in [2.45, 2.75) is 39.8 Å². The summed E-state index contributed by atoms with van der Waals surface area (Å²) in [5, 5.41) is 10.2. The van der Waals surface area contributed by atoms with Crippen molar-refractivity contribution < 1.29 is 22.8 Å². The minimum absolute atomic E-state index is 0.0946. The maximum Gasteiger partial charge on any atom is 0.387 e. The van der Waals surface area contributed by atoms with Crippen LogP contribution in [0.1, 0.15) is 29.0 Å². The van der Waals surface area contributed by atoms with Crippen molar-refractivity contribution in [3.63, 3.8) is 0 Å². The monoisotopic (exact) mass is 396 g/mol. The van der Waals surface area contributed by atoms with E-state index < -0.39 is 6.61 Å². The molecule has 1 heterocycles. The molecule has 2 aromatic rings. The van der Waals surface area contributed by atoms with E-state index in [1.165, 1.54) is 13.2 Å². The number of alkyl halides is 2. The number of aliphatic imine (C=N–C) groups is 1. The van der Waals surface area contributed by atoms with Crippen molar-refractivity contribution in [1.82, 2.24) is 15.8 Å². The van der Waals surface area contributed by atoms with Gasteiger partial charge in [-0.2, -0.15) is 8.78 Å². The molecule has 0 spiro atoms. The molecule has 1 aromatic heterocycles. The van der Waals surface area contributed by atoms with E-state index in [0.29, 0.717) is 23.8 Å². The highest BCUT2D eigenvalue weighted by molar-refractivity contribution is 5.79. The average molecular weight is 396 g/mol. The van der Waals surface area contributed by atoms with Crippen LogP contribution in [0.2, 0.25) is 0 Å². The summed E-state index contributed by atoms with van der Waals surface area (Å²) < 4.78 is 40.1. The lowest BCUT2D eigenvalue weighted by atomic mass is 10.1. The fraction of sp³-hybridized carbons (Fsp3) is 0.474. The summed E-state index contributed by atoms with van der Waals surface area (Å²) in [4.78, 5) is 4.15. The molecular formula is C19H26F2N4O3. The Morgan fingerprint density at radius 1 is 1.29 bits per heavy atom. The average Bonchev–Trinajstić information content (AvgIpc) is 2.99. The van der Waals surface area contributed by atoms with Gasteiger partial charge in [0.25, 0.3) is 0 Å². The van der Waals surface area contributed by atoms with Gasteiger partial charge in [0.15, 0.2) is 5.96 Å². The highest BCUT2D eigenvalue weighted by atomic mass is 19.3. The Bertz CT molecular complexity index is 774. The van der Waals surface area contributed by atoms with Gasteiger partial charge in [0.2, 0.25) is 0 Å². The van der Waals surface area contributed by atoms with E-state index in [1.54, 1.807) is 19.2 Å². The molecule has 1 aromatic carbocycles. The molecule has 0 aliphatic heterocycles. The van der Waals surface area contributed by atoms with Crippen LogP contribution in [0, 0.1) is 13.8 Å². The first-order valence-corrected chi connectivity index (χ1v) is 8.92. The number of halogens is 2. The van der Waals surface area contributed by atoms with Crippen LogP contribution < -0.4 is 20.1 Å². The third kappa shape index (κ3) is 6.11. The first kappa shape index (κ1) is 21.5. The number of guanidine groups is 1. The van der Waals surface area contributed by atoms with Gasteiger partial charge in [0.1, 0.15) is 17.3 Å². The van der Waals surface area contributed by atoms with Crippen molar-refractivity contribution in [2.24, 2.45) is 4.99 Å². The van der Waals surface area contributed by atoms with Crippen molar-refractivity contribution in [2.75, 3.05) is 20.7 Å². The molecule has 0 radical (unpaired) electrons. The maximum atomic E-state index is 12.6. The molecule has 0 aliphatic carbocycles. The quantitative estimate of drug-likeness (QED) is 0.385. The van der Waals surface area contributed by atoms with Crippen molar-refractivity contribution >= 4 is 5.96 Å². The first-order valence-electron chi connectivity index (χ1n) is 8.92. The van der Waals surface area contributed by atoms with Gasteiger partial charge in [-0.25, -0.2) is 0 Å². The minimum atomic E-state index is -2.89. The Hall–Kier alpha value is -2.84. The van der Waals surface area contributed by atoms with Gasteiger partial charge in [0.05, 0.1) is 12.8 Å². The van der Waals surface area contributed by atoms with Crippen LogP contribution in [0.3, 0.4) is 0 Å². The van der Waals surface area contributed by atoms with E-state index in [9.17, 15) is 8.78 Å². The lowest BCUT2D eigenvalue weighted by molar-refractivity contribution is -0.0504. The van der Waals surface area contributed by atoms with Gasteiger partial charge in [-0.05, 0) is 44.9 Å². The molecule has 0 saturated carbocycles. The molecule has 0 saturated heterocycles. The molecule has 0 aliphatic rings. The smallest absolute Gasteiger partial charge is 0.387 e. The molecule has 2 N–H and O–H groups in total. The molecule has 2 rings (SSSR count). The number of methoxy groups -OCH3 is 1. The van der Waals surface area contributed by atoms with E-state index >= 15 is 0 Å². The predicted molar refractivity (Wildman–Crippen MR) is 102 cm³/mol. The first-order chi connectivity index (χ1) is 13.4. The zero-order valence-corrected chi connectivity index (χ0v) is 16.5. The van der Waals surface area contributed by atoms with Crippen molar-refractivity contribution in [3.8, 4) is 11.5 Å². The Morgan fingerprint density at radius 3 is 2.68 bits per heavy atom. The second-order valence-corrected chi connectivity index (χ2v) is 6.11. The van der Waals surface area contributed by atoms with E-state index in [0.717, 1.165) is 29.9 Å². The molecule has 28 heavy (non-hydrogen) atoms. The molecular weight excluding hydrogens is 370 g/mol. The number of ether oxygens (including phenoxy) is 2. The summed E-state index contributed by atoms with van der Waals surface area (Å²) in [6.45, 7) is 1.86. The van der Waals surface area contributed by atoms with Gasteiger partial charge in [-0.15, -0.1) is 0 Å². The standard InChI is InChI=1S/C19H26F2N4O3/c1-12-16(13(2)28-25-12)6-5-9-23-19(22-3)24-11-14-10-15(26-4)7-8-17(14)27-18(20)21/h7-8,10,18H,5-6,9,11H2,1-4H3,(H2,22,23,24). The number of aromatic nitrogens is 1. The van der Waals surface area contributed by atoms with Gasteiger partial charge in [-0.1, -0.05) is 5.16 Å². The molecule has 9 heteroatoms. The van der Waals surface area contributed by atoms with E-state index in [1.807, 2.05) is 13.8 Å². The van der Waals surface area contributed by atoms with Crippen LogP contribution in [-0.4, -0.2) is 38.4 Å². The fourth-order valence-corrected chi connectivity index (χ4v) is 2.76. The number of hydrogen-bond donors (Lipinski definition) is 2. The number of aryl methyl sites for hydroxylation is 2. The second kappa shape index (κ2) is 10.5. The van der Waals surface area contributed by atoms with Crippen LogP contribution in [-0.2, 0) is 13.0 Å². The fourth-order valence-electron chi connectivity index (χ4n) is 2.76. The third-order valence-corrected chi connectivity index (χ3v) is 4.23. The number of benzene rings is 1. The molecule has 0 unspecified atom stereocenters. The number of nitrogens with zero attached hydrogens (tertiary/aromatic N) is 2. The van der Waals surface area contributed by atoms with Gasteiger partial charge < -0.3 is 24.6 Å². The second-order valence-electron chi connectivity index (χ2n) is 6.11. The third-order valence-electron chi connectivity index (χ3n) is 4.23. The highest BCUT2D eigenvalue weighted by Crippen LogP contribution is 2.25. The molecule has 0 atom stereocenters. The van der Waals surface area contributed by atoms with Crippen LogP contribution in [0.25, 0.3) is 0 Å². The van der Waals surface area contributed by atoms with Crippen molar-refractivity contribution in [3.05, 3.63) is 40.8 Å². The predicted octanol–water partition coefficient (Wildman–Crippen LogP) is 3.20. The van der Waals surface area contributed by atoms with Crippen LogP contribution in [0.15, 0.2) is 27.7 Å². The Balaban J connectivity index is 1.88. The van der Waals surface area contributed by atoms with Gasteiger partial charge >= 0.3 is 6.61 Å². The summed E-state index contributed by atoms with van der Waals surface area (Å²) in [6.07, 6.45) is 1.70. The summed E-state index contributed by atoms with van der Waals surface area (Å²) in [7, 11) is 3.16. The highest BCUT2D eigenvalue weighted by Gasteiger charge is 2.12. The Labute approximate surface area is 163 Å². The number of nitrogens with one attached hydrogen (secondary N) is 2. The maximum absolute atomic E-state index is 12.6. The molecule has 0 amide bonds. The Kier molecular flexibility index (Phi) is 8.03. The van der Waals surface area contributed by atoms with E-state index in [-0.39, 0.29) is 12.3 Å². The number of hydrogen-bond acceptors (Lipinski definition) is 5. The summed E-state index contributed by atoms with van der Waals surface area (Å²) in [5.41, 5.74) is 2.57. The topological polar surface area (TPSA) is 80.9 Å². The summed E-state index contributed by atoms with van der Waals surface area (Å²) >= 11 is 0. The lowest BCUT2D eigenvalue weighted by Crippen LogP contribution is -2.37. The van der Waals surface area contributed by atoms with Crippen LogP contribution in [0.5, 0.6) is 11.5 Å². The van der Waals surface area contributed by atoms with Gasteiger partial charge in [-0.3, -0.25) is 4.99 Å². The van der Waals surface area contributed by atoms with Crippen molar-refractivity contribution in [1.29, 1.82) is 0 Å². The van der Waals surface area contributed by atoms with Crippen LogP contribution >= 0.6 is 0 Å².